The highest BCUT2D eigenvalue weighted by atomic mass is 19.3. The number of halogens is 3. The molecule has 1 fully saturated rings. The van der Waals surface area contributed by atoms with E-state index in [9.17, 15) is 9.50 Å². The number of pyridine rings is 1. The number of aliphatic hydroxyl groups is 1. The molecule has 4 heterocycles. The van der Waals surface area contributed by atoms with Crippen molar-refractivity contribution < 1.29 is 18.3 Å². The molecular weight excluding hydrogens is 557 g/mol. The first-order chi connectivity index (χ1) is 20.7. The Labute approximate surface area is 245 Å². The molecule has 43 heavy (non-hydrogen) atoms. The monoisotopic (exact) mass is 584 g/mol. The van der Waals surface area contributed by atoms with Gasteiger partial charge in [0.25, 0.3) is 0 Å². The minimum atomic E-state index is -3.85. The zero-order valence-electron chi connectivity index (χ0n) is 22.9. The number of anilines is 3. The van der Waals surface area contributed by atoms with Crippen LogP contribution in [0.25, 0.3) is 22.5 Å². The highest BCUT2D eigenvalue weighted by Gasteiger charge is 2.59. The average molecular weight is 585 g/mol. The Morgan fingerprint density at radius 2 is 1.44 bits per heavy atom. The Kier molecular flexibility index (Phi) is 6.31. The van der Waals surface area contributed by atoms with Gasteiger partial charge in [-0.25, -0.2) is 9.07 Å². The van der Waals surface area contributed by atoms with E-state index in [-0.39, 0.29) is 17.0 Å². The van der Waals surface area contributed by atoms with Gasteiger partial charge in [0.1, 0.15) is 11.5 Å². The number of aromatic nitrogens is 5. The van der Waals surface area contributed by atoms with E-state index in [0.717, 1.165) is 71.7 Å². The van der Waals surface area contributed by atoms with Crippen LogP contribution in [-0.4, -0.2) is 56.5 Å². The SMILES string of the molecule is Nc1ccc(N2CCN(c3ccc(-c4ccc(C(F)(F)[C@]5(O)Cn6nnnc6-c6cc(F)ccc65)nc4)cc3)CC2)cc1. The smallest absolute Gasteiger partial charge is 0.323 e. The van der Waals surface area contributed by atoms with Crippen molar-refractivity contribution in [1.82, 2.24) is 25.2 Å². The number of piperazine rings is 1. The van der Waals surface area contributed by atoms with Crippen LogP contribution in [0.2, 0.25) is 0 Å². The molecule has 0 saturated carbocycles. The molecule has 2 aliphatic rings. The van der Waals surface area contributed by atoms with Gasteiger partial charge < -0.3 is 20.6 Å². The second-order valence-electron chi connectivity index (χ2n) is 10.8. The normalized spacial score (nSPS) is 18.3. The van der Waals surface area contributed by atoms with Crippen LogP contribution < -0.4 is 15.5 Å². The number of fused-ring (bicyclic) bond motifs is 3. The predicted molar refractivity (Wildman–Crippen MR) is 156 cm³/mol. The van der Waals surface area contributed by atoms with Gasteiger partial charge in [0.2, 0.25) is 0 Å². The number of tetrazole rings is 1. The summed E-state index contributed by atoms with van der Waals surface area (Å²) in [6, 6.07) is 21.8. The van der Waals surface area contributed by atoms with Gasteiger partial charge in [-0.1, -0.05) is 24.3 Å². The molecule has 0 amide bonds. The molecular formula is C31H27F3N8O. The molecule has 1 atom stereocenters. The van der Waals surface area contributed by atoms with Crippen LogP contribution in [0, 0.1) is 5.82 Å². The van der Waals surface area contributed by atoms with Gasteiger partial charge in [0.15, 0.2) is 11.4 Å². The number of alkyl halides is 2. The van der Waals surface area contributed by atoms with Crippen LogP contribution in [0.1, 0.15) is 11.3 Å². The largest absolute Gasteiger partial charge is 0.399 e. The van der Waals surface area contributed by atoms with Crippen LogP contribution in [-0.2, 0) is 18.1 Å². The Morgan fingerprint density at radius 3 is 2.07 bits per heavy atom. The summed E-state index contributed by atoms with van der Waals surface area (Å²) in [5.41, 5.74) is 6.71. The maximum absolute atomic E-state index is 16.0. The van der Waals surface area contributed by atoms with E-state index >= 15 is 8.78 Å². The van der Waals surface area contributed by atoms with E-state index in [4.69, 9.17) is 5.73 Å². The van der Waals surface area contributed by atoms with E-state index in [0.29, 0.717) is 5.56 Å². The minimum Gasteiger partial charge on any atom is -0.399 e. The number of nitrogens with zero attached hydrogens (tertiary/aromatic N) is 7. The fraction of sp³-hybridized carbons (Fsp3) is 0.226. The van der Waals surface area contributed by atoms with Gasteiger partial charge in [-0.05, 0) is 70.6 Å². The van der Waals surface area contributed by atoms with Crippen LogP contribution >= 0.6 is 0 Å². The van der Waals surface area contributed by atoms with Crippen molar-refractivity contribution >= 4 is 17.1 Å². The molecule has 0 bridgehead atoms. The number of hydrogen-bond donors (Lipinski definition) is 2. The van der Waals surface area contributed by atoms with E-state index in [1.165, 1.54) is 12.3 Å². The number of hydrogen-bond acceptors (Lipinski definition) is 8. The van der Waals surface area contributed by atoms with E-state index < -0.39 is 29.6 Å². The highest BCUT2D eigenvalue weighted by molar-refractivity contribution is 5.67. The summed E-state index contributed by atoms with van der Waals surface area (Å²) in [5, 5.41) is 22.5. The molecule has 0 spiro atoms. The zero-order chi connectivity index (χ0) is 29.8. The van der Waals surface area contributed by atoms with Crippen molar-refractivity contribution in [3.8, 4) is 22.5 Å². The molecule has 7 rings (SSSR count). The number of rotatable bonds is 5. The zero-order valence-corrected chi connectivity index (χ0v) is 22.9. The lowest BCUT2D eigenvalue weighted by Crippen LogP contribution is -2.49. The predicted octanol–water partition coefficient (Wildman–Crippen LogP) is 4.44. The third-order valence-corrected chi connectivity index (χ3v) is 8.29. The molecule has 12 heteroatoms. The van der Waals surface area contributed by atoms with Gasteiger partial charge in [0.05, 0.1) is 6.54 Å². The van der Waals surface area contributed by atoms with Gasteiger partial charge in [-0.3, -0.25) is 4.98 Å². The number of nitrogen functional groups attached to an aromatic ring is 1. The third kappa shape index (κ3) is 4.54. The standard InChI is InChI=1S/C31H27F3N8O/c32-22-4-11-27-26(17-22)29-37-38-39-42(29)19-30(27,43)31(33,34)28-12-3-21(18-36-28)20-1-7-24(8-2-20)40-13-15-41(16-14-40)25-9-5-23(35)6-10-25/h1-12,17-18,43H,13-16,19,35H2/t30-/m0/s1. The number of nitrogens with two attached hydrogens (primary N) is 1. The second kappa shape index (κ2) is 10.1. The maximum Gasteiger partial charge on any atom is 0.323 e. The molecule has 0 unspecified atom stereocenters. The van der Waals surface area contributed by atoms with Crippen LogP contribution in [0.15, 0.2) is 85.1 Å². The quantitative estimate of drug-likeness (QED) is 0.292. The lowest BCUT2D eigenvalue weighted by Gasteiger charge is -2.39. The van der Waals surface area contributed by atoms with Gasteiger partial charge >= 0.3 is 5.92 Å². The molecule has 218 valence electrons. The fourth-order valence-corrected chi connectivity index (χ4v) is 5.87. The molecule has 2 aromatic heterocycles. The molecule has 5 aromatic rings. The minimum absolute atomic E-state index is 0.00167. The first-order valence-electron chi connectivity index (χ1n) is 13.8. The van der Waals surface area contributed by atoms with Gasteiger partial charge in [-0.15, -0.1) is 5.10 Å². The summed E-state index contributed by atoms with van der Waals surface area (Å²) in [4.78, 5) is 8.71. The van der Waals surface area contributed by atoms with Crippen molar-refractivity contribution in [3.05, 3.63) is 102 Å². The second-order valence-corrected chi connectivity index (χ2v) is 10.8. The highest BCUT2D eigenvalue weighted by Crippen LogP contribution is 2.50. The lowest BCUT2D eigenvalue weighted by atomic mass is 9.80. The summed E-state index contributed by atoms with van der Waals surface area (Å²) in [7, 11) is 0. The van der Waals surface area contributed by atoms with Crippen LogP contribution in [0.5, 0.6) is 0 Å². The lowest BCUT2D eigenvalue weighted by molar-refractivity contribution is -0.207. The summed E-state index contributed by atoms with van der Waals surface area (Å²) in [5.74, 6) is -4.40. The average Bonchev–Trinajstić information content (AvgIpc) is 3.50. The molecule has 3 N–H and O–H groups in total. The Bertz CT molecular complexity index is 1770. The van der Waals surface area contributed by atoms with Gasteiger partial charge in [-0.2, -0.15) is 8.78 Å². The van der Waals surface area contributed by atoms with Crippen molar-refractivity contribution in [2.75, 3.05) is 41.7 Å². The molecule has 1 saturated heterocycles. The van der Waals surface area contributed by atoms with Crippen molar-refractivity contribution in [2.24, 2.45) is 0 Å². The van der Waals surface area contributed by atoms with E-state index in [2.05, 4.69) is 30.3 Å². The summed E-state index contributed by atoms with van der Waals surface area (Å²) in [6.07, 6.45) is 1.36. The molecule has 3 aromatic carbocycles. The Balaban J connectivity index is 1.08. The summed E-state index contributed by atoms with van der Waals surface area (Å²) >= 11 is 0. The number of benzene rings is 3. The topological polar surface area (TPSA) is 109 Å². The summed E-state index contributed by atoms with van der Waals surface area (Å²) in [6.45, 7) is 2.86. The first kappa shape index (κ1) is 26.9. The van der Waals surface area contributed by atoms with Crippen molar-refractivity contribution in [3.63, 3.8) is 0 Å². The molecule has 0 aliphatic carbocycles. The molecule has 0 radical (unpaired) electrons. The third-order valence-electron chi connectivity index (χ3n) is 8.29. The summed E-state index contributed by atoms with van der Waals surface area (Å²) < 4.78 is 47.2. The van der Waals surface area contributed by atoms with Crippen molar-refractivity contribution in [2.45, 2.75) is 18.1 Å². The van der Waals surface area contributed by atoms with Crippen LogP contribution in [0.3, 0.4) is 0 Å². The molecule has 9 nitrogen and oxygen atoms in total. The fourth-order valence-electron chi connectivity index (χ4n) is 5.87. The molecule has 2 aliphatic heterocycles. The van der Waals surface area contributed by atoms with Gasteiger partial charge in [0, 0.05) is 66.1 Å². The van der Waals surface area contributed by atoms with E-state index in [1.54, 1.807) is 6.07 Å². The maximum atomic E-state index is 16.0. The first-order valence-corrected chi connectivity index (χ1v) is 13.8. The van der Waals surface area contributed by atoms with Crippen molar-refractivity contribution in [1.29, 1.82) is 0 Å². The van der Waals surface area contributed by atoms with E-state index in [1.807, 2.05) is 48.5 Å². The Morgan fingerprint density at radius 1 is 0.814 bits per heavy atom. The van der Waals surface area contributed by atoms with Crippen LogP contribution in [0.4, 0.5) is 30.2 Å². The Hall–Kier alpha value is -4.97.